The summed E-state index contributed by atoms with van der Waals surface area (Å²) in [5, 5.41) is 3.01. The molecule has 1 N–H and O–H groups in total. The Morgan fingerprint density at radius 1 is 1.03 bits per heavy atom. The third kappa shape index (κ3) is 4.25. The molecule has 0 spiro atoms. The number of piperidine rings is 1. The van der Waals surface area contributed by atoms with Crippen LogP contribution in [0.1, 0.15) is 47.0 Å². The standard InChI is InChI=1S/C26H28N4OS/c1-29-22-17-19(25(31)28-18-20-9-5-6-14-27-20)12-13-24(22)32-23-11-4-3-10-21(23)26(29)30-15-7-2-8-16-30/h3-6,9-14,17,26H,2,7-8,15-16,18H2,1H3,(H,28,31). The van der Waals surface area contributed by atoms with Crippen LogP contribution in [-0.2, 0) is 6.54 Å². The monoisotopic (exact) mass is 444 g/mol. The van der Waals surface area contributed by atoms with Gasteiger partial charge in [0.25, 0.3) is 5.91 Å². The van der Waals surface area contributed by atoms with Gasteiger partial charge in [-0.25, -0.2) is 0 Å². The summed E-state index contributed by atoms with van der Waals surface area (Å²) in [6.07, 6.45) is 5.70. The number of anilines is 1. The van der Waals surface area contributed by atoms with Crippen molar-refractivity contribution < 1.29 is 4.79 Å². The smallest absolute Gasteiger partial charge is 0.251 e. The molecule has 1 atom stereocenters. The lowest BCUT2D eigenvalue weighted by atomic mass is 10.0. The van der Waals surface area contributed by atoms with Crippen molar-refractivity contribution in [1.29, 1.82) is 0 Å². The third-order valence-corrected chi connectivity index (χ3v) is 7.43. The van der Waals surface area contributed by atoms with Crippen LogP contribution in [0.15, 0.2) is 76.7 Å². The molecule has 1 fully saturated rings. The van der Waals surface area contributed by atoms with Crippen molar-refractivity contribution in [2.45, 2.75) is 41.8 Å². The lowest BCUT2D eigenvalue weighted by Gasteiger charge is -2.41. The summed E-state index contributed by atoms with van der Waals surface area (Å²) < 4.78 is 0. The number of aromatic nitrogens is 1. The normalized spacial score (nSPS) is 18.4. The number of fused-ring (bicyclic) bond motifs is 2. The molecule has 164 valence electrons. The second kappa shape index (κ2) is 9.35. The second-order valence-corrected chi connectivity index (χ2v) is 9.49. The summed E-state index contributed by atoms with van der Waals surface area (Å²) in [5.41, 5.74) is 3.98. The highest BCUT2D eigenvalue weighted by molar-refractivity contribution is 7.99. The van der Waals surface area contributed by atoms with E-state index in [9.17, 15) is 4.79 Å². The molecule has 5 nitrogen and oxygen atoms in total. The van der Waals surface area contributed by atoms with E-state index in [2.05, 4.69) is 57.5 Å². The Balaban J connectivity index is 1.45. The molecule has 5 rings (SSSR count). The molecule has 1 aromatic heterocycles. The number of hydrogen-bond donors (Lipinski definition) is 1. The quantitative estimate of drug-likeness (QED) is 0.607. The van der Waals surface area contributed by atoms with Crippen LogP contribution in [0, 0.1) is 0 Å². The topological polar surface area (TPSA) is 48.5 Å². The van der Waals surface area contributed by atoms with Gasteiger partial charge in [0.2, 0.25) is 0 Å². The third-order valence-electron chi connectivity index (χ3n) is 6.28. The van der Waals surface area contributed by atoms with E-state index < -0.39 is 0 Å². The van der Waals surface area contributed by atoms with Crippen LogP contribution in [0.25, 0.3) is 0 Å². The second-order valence-electron chi connectivity index (χ2n) is 8.41. The van der Waals surface area contributed by atoms with E-state index in [0.717, 1.165) is 24.5 Å². The van der Waals surface area contributed by atoms with E-state index in [0.29, 0.717) is 12.1 Å². The molecule has 32 heavy (non-hydrogen) atoms. The minimum Gasteiger partial charge on any atom is -0.354 e. The first-order chi connectivity index (χ1) is 15.7. The van der Waals surface area contributed by atoms with Crippen LogP contribution in [0.4, 0.5) is 5.69 Å². The first-order valence-electron chi connectivity index (χ1n) is 11.3. The zero-order valence-electron chi connectivity index (χ0n) is 18.3. The number of carbonyl (C=O) groups is 1. The molecular formula is C26H28N4OS. The van der Waals surface area contributed by atoms with Gasteiger partial charge in [-0.15, -0.1) is 0 Å². The fourth-order valence-electron chi connectivity index (χ4n) is 4.65. The van der Waals surface area contributed by atoms with Crippen molar-refractivity contribution in [3.63, 3.8) is 0 Å². The number of nitrogens with one attached hydrogen (secondary N) is 1. The maximum atomic E-state index is 12.9. The lowest BCUT2D eigenvalue weighted by Crippen LogP contribution is -2.42. The summed E-state index contributed by atoms with van der Waals surface area (Å²) in [6, 6.07) is 20.5. The number of nitrogens with zero attached hydrogens (tertiary/aromatic N) is 3. The number of benzene rings is 2. The van der Waals surface area contributed by atoms with Gasteiger partial charge in [0.1, 0.15) is 6.17 Å². The molecule has 1 unspecified atom stereocenters. The van der Waals surface area contributed by atoms with Gasteiger partial charge in [-0.2, -0.15) is 0 Å². The van der Waals surface area contributed by atoms with E-state index >= 15 is 0 Å². The molecule has 2 aliphatic heterocycles. The van der Waals surface area contributed by atoms with Crippen molar-refractivity contribution in [3.05, 3.63) is 83.7 Å². The Labute approximate surface area is 193 Å². The number of pyridine rings is 1. The number of hydrogen-bond acceptors (Lipinski definition) is 5. The molecule has 3 aromatic rings. The van der Waals surface area contributed by atoms with Crippen molar-refractivity contribution in [2.24, 2.45) is 0 Å². The van der Waals surface area contributed by atoms with Crippen LogP contribution in [-0.4, -0.2) is 35.9 Å². The fourth-order valence-corrected chi connectivity index (χ4v) is 5.76. The molecule has 3 heterocycles. The van der Waals surface area contributed by atoms with Crippen LogP contribution >= 0.6 is 11.8 Å². The van der Waals surface area contributed by atoms with Crippen LogP contribution in [0.3, 0.4) is 0 Å². The van der Waals surface area contributed by atoms with Gasteiger partial charge in [0.15, 0.2) is 0 Å². The van der Waals surface area contributed by atoms with Gasteiger partial charge < -0.3 is 10.2 Å². The summed E-state index contributed by atoms with van der Waals surface area (Å²) in [5.74, 6) is -0.0758. The summed E-state index contributed by atoms with van der Waals surface area (Å²) in [7, 11) is 2.16. The Kier molecular flexibility index (Phi) is 6.14. The summed E-state index contributed by atoms with van der Waals surface area (Å²) >= 11 is 1.80. The molecule has 6 heteroatoms. The maximum Gasteiger partial charge on any atom is 0.251 e. The Hall–Kier alpha value is -2.83. The SMILES string of the molecule is CN1c2cc(C(=O)NCc3ccccn3)ccc2Sc2ccccc2C1N1CCCCC1. The van der Waals surface area contributed by atoms with E-state index in [1.807, 2.05) is 30.3 Å². The van der Waals surface area contributed by atoms with Gasteiger partial charge in [0.05, 0.1) is 17.9 Å². The summed E-state index contributed by atoms with van der Waals surface area (Å²) in [6.45, 7) is 2.63. The van der Waals surface area contributed by atoms with Crippen LogP contribution < -0.4 is 10.2 Å². The number of amides is 1. The number of carbonyl (C=O) groups excluding carboxylic acids is 1. The minimum absolute atomic E-state index is 0.0758. The van der Waals surface area contributed by atoms with Crippen LogP contribution in [0.5, 0.6) is 0 Å². The van der Waals surface area contributed by atoms with Gasteiger partial charge in [-0.05, 0) is 49.2 Å². The molecular weight excluding hydrogens is 416 g/mol. The van der Waals surface area contributed by atoms with E-state index in [-0.39, 0.29) is 12.1 Å². The molecule has 0 bridgehead atoms. The Bertz CT molecular complexity index is 1100. The molecule has 1 saturated heterocycles. The Morgan fingerprint density at radius 2 is 1.84 bits per heavy atom. The predicted octanol–water partition coefficient (Wildman–Crippen LogP) is 5.10. The maximum absolute atomic E-state index is 12.9. The summed E-state index contributed by atoms with van der Waals surface area (Å²) in [4.78, 5) is 24.6. The lowest BCUT2D eigenvalue weighted by molar-refractivity contribution is 0.0950. The van der Waals surface area contributed by atoms with Gasteiger partial charge in [-0.1, -0.05) is 42.4 Å². The molecule has 1 amide bonds. The van der Waals surface area contributed by atoms with Gasteiger partial charge in [-0.3, -0.25) is 14.7 Å². The molecule has 0 aliphatic carbocycles. The highest BCUT2D eigenvalue weighted by Crippen LogP contribution is 2.46. The molecule has 2 aromatic carbocycles. The predicted molar refractivity (Wildman–Crippen MR) is 129 cm³/mol. The molecule has 0 saturated carbocycles. The van der Waals surface area contributed by atoms with E-state index in [1.165, 1.54) is 34.6 Å². The molecule has 0 radical (unpaired) electrons. The van der Waals surface area contributed by atoms with E-state index in [1.54, 1.807) is 18.0 Å². The van der Waals surface area contributed by atoms with Crippen molar-refractivity contribution in [3.8, 4) is 0 Å². The average Bonchev–Trinajstić information content (AvgIpc) is 2.97. The Morgan fingerprint density at radius 3 is 2.66 bits per heavy atom. The first-order valence-corrected chi connectivity index (χ1v) is 12.1. The highest BCUT2D eigenvalue weighted by Gasteiger charge is 2.32. The van der Waals surface area contributed by atoms with Gasteiger partial charge in [0, 0.05) is 47.3 Å². The van der Waals surface area contributed by atoms with Crippen molar-refractivity contribution in [2.75, 3.05) is 25.0 Å². The minimum atomic E-state index is -0.0758. The zero-order chi connectivity index (χ0) is 21.9. The largest absolute Gasteiger partial charge is 0.354 e. The van der Waals surface area contributed by atoms with E-state index in [4.69, 9.17) is 0 Å². The van der Waals surface area contributed by atoms with Crippen LogP contribution in [0.2, 0.25) is 0 Å². The first kappa shape index (κ1) is 21.0. The van der Waals surface area contributed by atoms with Gasteiger partial charge >= 0.3 is 0 Å². The number of rotatable bonds is 4. The molecule has 2 aliphatic rings. The highest BCUT2D eigenvalue weighted by atomic mass is 32.2. The number of likely N-dealkylation sites (tertiary alicyclic amines) is 1. The fraction of sp³-hybridized carbons (Fsp3) is 0.308. The van der Waals surface area contributed by atoms with Crippen molar-refractivity contribution >= 4 is 23.4 Å². The zero-order valence-corrected chi connectivity index (χ0v) is 19.1. The average molecular weight is 445 g/mol. The van der Waals surface area contributed by atoms with Crippen molar-refractivity contribution in [1.82, 2.24) is 15.2 Å².